The number of hydrogen-bond acceptors (Lipinski definition) is 5. The lowest BCUT2D eigenvalue weighted by atomic mass is 9.97. The van der Waals surface area contributed by atoms with Gasteiger partial charge in [0.05, 0.1) is 5.69 Å². The van der Waals surface area contributed by atoms with Crippen LogP contribution in [0.25, 0.3) is 0 Å². The SMILES string of the molecule is CSc1nccnc1CN1CCC(CN)CC1. The van der Waals surface area contributed by atoms with E-state index in [-0.39, 0.29) is 0 Å². The minimum Gasteiger partial charge on any atom is -0.330 e. The number of hydrogen-bond donors (Lipinski definition) is 1. The molecule has 2 rings (SSSR count). The van der Waals surface area contributed by atoms with Crippen molar-refractivity contribution in [2.45, 2.75) is 24.4 Å². The maximum Gasteiger partial charge on any atom is 0.119 e. The third kappa shape index (κ3) is 3.40. The molecule has 1 aromatic heterocycles. The van der Waals surface area contributed by atoms with Crippen LogP contribution < -0.4 is 5.73 Å². The van der Waals surface area contributed by atoms with Gasteiger partial charge in [-0.1, -0.05) is 0 Å². The van der Waals surface area contributed by atoms with E-state index in [9.17, 15) is 0 Å². The van der Waals surface area contributed by atoms with E-state index in [1.165, 1.54) is 12.8 Å². The molecule has 2 heterocycles. The highest BCUT2D eigenvalue weighted by Crippen LogP contribution is 2.20. The molecule has 0 unspecified atom stereocenters. The van der Waals surface area contributed by atoms with E-state index in [2.05, 4.69) is 14.9 Å². The molecule has 0 amide bonds. The van der Waals surface area contributed by atoms with Crippen LogP contribution in [0.15, 0.2) is 17.4 Å². The van der Waals surface area contributed by atoms with Crippen molar-refractivity contribution in [3.63, 3.8) is 0 Å². The average molecular weight is 252 g/mol. The Labute approximate surface area is 107 Å². The molecule has 1 aliphatic rings. The van der Waals surface area contributed by atoms with Crippen molar-refractivity contribution in [1.82, 2.24) is 14.9 Å². The Hall–Kier alpha value is -0.650. The number of rotatable bonds is 4. The monoisotopic (exact) mass is 252 g/mol. The summed E-state index contributed by atoms with van der Waals surface area (Å²) in [6, 6.07) is 0. The highest BCUT2D eigenvalue weighted by atomic mass is 32.2. The third-order valence-corrected chi connectivity index (χ3v) is 4.07. The Balaban J connectivity index is 1.93. The maximum absolute atomic E-state index is 5.70. The van der Waals surface area contributed by atoms with Crippen molar-refractivity contribution in [2.24, 2.45) is 11.7 Å². The van der Waals surface area contributed by atoms with E-state index < -0.39 is 0 Å². The van der Waals surface area contributed by atoms with Crippen LogP contribution in [0.2, 0.25) is 0 Å². The Morgan fingerprint density at radius 2 is 2.06 bits per heavy atom. The van der Waals surface area contributed by atoms with Gasteiger partial charge in [0, 0.05) is 18.9 Å². The first-order valence-electron chi connectivity index (χ1n) is 6.09. The van der Waals surface area contributed by atoms with Crippen molar-refractivity contribution in [3.05, 3.63) is 18.1 Å². The minimum atomic E-state index is 0.716. The number of nitrogens with zero attached hydrogens (tertiary/aromatic N) is 3. The molecule has 0 aliphatic carbocycles. The summed E-state index contributed by atoms with van der Waals surface area (Å²) in [6.45, 7) is 4.01. The molecule has 5 heteroatoms. The molecule has 0 radical (unpaired) electrons. The molecule has 0 spiro atoms. The number of thioether (sulfide) groups is 1. The van der Waals surface area contributed by atoms with Crippen LogP contribution in [0.3, 0.4) is 0 Å². The lowest BCUT2D eigenvalue weighted by molar-refractivity contribution is 0.177. The largest absolute Gasteiger partial charge is 0.330 e. The molecule has 17 heavy (non-hydrogen) atoms. The Morgan fingerprint density at radius 3 is 2.71 bits per heavy atom. The van der Waals surface area contributed by atoms with Crippen LogP contribution >= 0.6 is 11.8 Å². The van der Waals surface area contributed by atoms with Gasteiger partial charge >= 0.3 is 0 Å². The summed E-state index contributed by atoms with van der Waals surface area (Å²) in [6.07, 6.45) is 8.02. The van der Waals surface area contributed by atoms with Crippen molar-refractivity contribution in [3.8, 4) is 0 Å². The number of likely N-dealkylation sites (tertiary alicyclic amines) is 1. The van der Waals surface area contributed by atoms with Crippen LogP contribution in [0.4, 0.5) is 0 Å². The molecular formula is C12H20N4S. The number of aromatic nitrogens is 2. The van der Waals surface area contributed by atoms with E-state index in [1.54, 1.807) is 24.2 Å². The van der Waals surface area contributed by atoms with Gasteiger partial charge in [0.1, 0.15) is 5.03 Å². The maximum atomic E-state index is 5.70. The van der Waals surface area contributed by atoms with Crippen LogP contribution in [-0.4, -0.2) is 40.8 Å². The predicted molar refractivity (Wildman–Crippen MR) is 70.9 cm³/mol. The normalized spacial score (nSPS) is 18.5. The van der Waals surface area contributed by atoms with Gasteiger partial charge in [-0.05, 0) is 44.6 Å². The van der Waals surface area contributed by atoms with E-state index >= 15 is 0 Å². The van der Waals surface area contributed by atoms with Crippen molar-refractivity contribution in [2.75, 3.05) is 25.9 Å². The fourth-order valence-corrected chi connectivity index (χ4v) is 2.74. The third-order valence-electron chi connectivity index (χ3n) is 3.34. The molecule has 4 nitrogen and oxygen atoms in total. The molecule has 1 aromatic rings. The van der Waals surface area contributed by atoms with Gasteiger partial charge in [-0.15, -0.1) is 11.8 Å². The molecule has 0 aromatic carbocycles. The second-order valence-electron chi connectivity index (χ2n) is 4.47. The summed E-state index contributed by atoms with van der Waals surface area (Å²) < 4.78 is 0. The van der Waals surface area contributed by atoms with Crippen molar-refractivity contribution >= 4 is 11.8 Å². The molecule has 1 fully saturated rings. The second kappa shape index (κ2) is 6.33. The van der Waals surface area contributed by atoms with Gasteiger partial charge in [-0.25, -0.2) is 4.98 Å². The molecule has 1 saturated heterocycles. The van der Waals surface area contributed by atoms with Gasteiger partial charge in [0.2, 0.25) is 0 Å². The zero-order chi connectivity index (χ0) is 12.1. The fraction of sp³-hybridized carbons (Fsp3) is 0.667. The van der Waals surface area contributed by atoms with Crippen molar-refractivity contribution < 1.29 is 0 Å². The van der Waals surface area contributed by atoms with Gasteiger partial charge in [0.25, 0.3) is 0 Å². The van der Waals surface area contributed by atoms with Gasteiger partial charge in [-0.2, -0.15) is 0 Å². The van der Waals surface area contributed by atoms with E-state index in [1.807, 2.05) is 6.26 Å². The van der Waals surface area contributed by atoms with Crippen LogP contribution in [-0.2, 0) is 6.54 Å². The van der Waals surface area contributed by atoms with Crippen LogP contribution in [0, 0.1) is 5.92 Å². The number of piperidine rings is 1. The average Bonchev–Trinajstić information content (AvgIpc) is 2.40. The summed E-state index contributed by atoms with van der Waals surface area (Å²) in [4.78, 5) is 11.2. The molecular weight excluding hydrogens is 232 g/mol. The first-order chi connectivity index (χ1) is 8.33. The summed E-state index contributed by atoms with van der Waals surface area (Å²) >= 11 is 1.67. The lowest BCUT2D eigenvalue weighted by Crippen LogP contribution is -2.35. The highest BCUT2D eigenvalue weighted by Gasteiger charge is 2.19. The first kappa shape index (κ1) is 12.8. The molecule has 2 N–H and O–H groups in total. The van der Waals surface area contributed by atoms with Gasteiger partial charge in [0.15, 0.2) is 0 Å². The predicted octanol–water partition coefficient (Wildman–Crippen LogP) is 1.37. The smallest absolute Gasteiger partial charge is 0.119 e. The van der Waals surface area contributed by atoms with Crippen LogP contribution in [0.1, 0.15) is 18.5 Å². The number of nitrogens with two attached hydrogens (primary N) is 1. The standard InChI is InChI=1S/C12H20N4S/c1-17-12-11(14-4-5-15-12)9-16-6-2-10(8-13)3-7-16/h4-5,10H,2-3,6-9,13H2,1H3. The highest BCUT2D eigenvalue weighted by molar-refractivity contribution is 7.98. The van der Waals surface area contributed by atoms with Gasteiger partial charge in [-0.3, -0.25) is 9.88 Å². The van der Waals surface area contributed by atoms with Crippen LogP contribution in [0.5, 0.6) is 0 Å². The summed E-state index contributed by atoms with van der Waals surface area (Å²) in [5.74, 6) is 0.716. The zero-order valence-corrected chi connectivity index (χ0v) is 11.1. The lowest BCUT2D eigenvalue weighted by Gasteiger charge is -2.31. The minimum absolute atomic E-state index is 0.716. The quantitative estimate of drug-likeness (QED) is 0.820. The first-order valence-corrected chi connectivity index (χ1v) is 7.32. The summed E-state index contributed by atoms with van der Waals surface area (Å²) in [5, 5.41) is 1.05. The second-order valence-corrected chi connectivity index (χ2v) is 5.26. The molecule has 0 bridgehead atoms. The molecule has 94 valence electrons. The molecule has 0 saturated carbocycles. The molecule has 0 atom stereocenters. The Bertz CT molecular complexity index is 350. The summed E-state index contributed by atoms with van der Waals surface area (Å²) in [7, 11) is 0. The Kier molecular flexibility index (Phi) is 4.76. The fourth-order valence-electron chi connectivity index (χ4n) is 2.23. The summed E-state index contributed by atoms with van der Waals surface area (Å²) in [5.41, 5.74) is 6.81. The zero-order valence-electron chi connectivity index (χ0n) is 10.3. The van der Waals surface area contributed by atoms with E-state index in [4.69, 9.17) is 5.73 Å². The Morgan fingerprint density at radius 1 is 1.35 bits per heavy atom. The van der Waals surface area contributed by atoms with Gasteiger partial charge < -0.3 is 5.73 Å². The topological polar surface area (TPSA) is 55.0 Å². The molecule has 1 aliphatic heterocycles. The van der Waals surface area contributed by atoms with E-state index in [0.29, 0.717) is 5.92 Å². The van der Waals surface area contributed by atoms with Crippen molar-refractivity contribution in [1.29, 1.82) is 0 Å². The van der Waals surface area contributed by atoms with E-state index in [0.717, 1.165) is 36.9 Å².